The van der Waals surface area contributed by atoms with Crippen molar-refractivity contribution >= 4 is 34.9 Å². The summed E-state index contributed by atoms with van der Waals surface area (Å²) in [4.78, 5) is 12.1. The molecule has 0 aliphatic heterocycles. The highest BCUT2D eigenvalue weighted by molar-refractivity contribution is 6.53. The zero-order chi connectivity index (χ0) is 19.8. The van der Waals surface area contributed by atoms with Gasteiger partial charge in [0.2, 0.25) is 5.91 Å². The molecule has 142 valence electrons. The number of carbonyl (C=O) groups excluding carboxylic acids is 1. The maximum atomic E-state index is 13.1. The number of nitriles is 1. The largest absolute Gasteiger partial charge is 0.382 e. The second kappa shape index (κ2) is 7.02. The van der Waals surface area contributed by atoms with Crippen molar-refractivity contribution < 1.29 is 9.18 Å². The van der Waals surface area contributed by atoms with Crippen LogP contribution in [0.25, 0.3) is 5.69 Å². The molecule has 27 heavy (non-hydrogen) atoms. The minimum absolute atomic E-state index is 0.190. The Labute approximate surface area is 166 Å². The number of nitrogens with one attached hydrogen (secondary N) is 1. The van der Waals surface area contributed by atoms with Crippen molar-refractivity contribution in [2.45, 2.75) is 30.5 Å². The molecule has 1 amide bonds. The molecular weight excluding hydrogens is 392 g/mol. The summed E-state index contributed by atoms with van der Waals surface area (Å²) < 4.78 is 13.5. The van der Waals surface area contributed by atoms with E-state index in [1.165, 1.54) is 28.9 Å². The first-order chi connectivity index (χ1) is 12.7. The second-order valence-corrected chi connectivity index (χ2v) is 8.26. The van der Waals surface area contributed by atoms with Crippen LogP contribution >= 0.6 is 23.2 Å². The van der Waals surface area contributed by atoms with E-state index in [0.717, 1.165) is 0 Å². The Hall–Kier alpha value is -2.30. The van der Waals surface area contributed by atoms with Crippen molar-refractivity contribution in [1.82, 2.24) is 15.1 Å². The van der Waals surface area contributed by atoms with Gasteiger partial charge in [-0.1, -0.05) is 0 Å². The lowest BCUT2D eigenvalue weighted by atomic mass is 10.1. The summed E-state index contributed by atoms with van der Waals surface area (Å²) in [6.07, 6.45) is 1.44. The van der Waals surface area contributed by atoms with E-state index in [9.17, 15) is 14.4 Å². The van der Waals surface area contributed by atoms with Gasteiger partial charge < -0.3 is 11.1 Å². The van der Waals surface area contributed by atoms with Crippen molar-refractivity contribution in [3.05, 3.63) is 41.3 Å². The number of aromatic nitrogens is 2. The first-order valence-corrected chi connectivity index (χ1v) is 9.15. The van der Waals surface area contributed by atoms with Gasteiger partial charge in [0.15, 0.2) is 0 Å². The molecule has 0 spiro atoms. The van der Waals surface area contributed by atoms with Crippen molar-refractivity contribution in [3.8, 4) is 11.8 Å². The van der Waals surface area contributed by atoms with Crippen LogP contribution in [0.2, 0.25) is 0 Å². The molecule has 1 aliphatic rings. The standard InChI is InChI=1S/C18H18Cl2FN5O/c1-17(10-18(17,19)20)16(27)24-8-2-3-14-13(9-22)15(23)26(25-14)12-6-4-11(21)5-7-12/h4-7H,2-3,8,10,23H2,1H3,(H,24,27). The molecule has 3 rings (SSSR count). The summed E-state index contributed by atoms with van der Waals surface area (Å²) in [6.45, 7) is 2.12. The van der Waals surface area contributed by atoms with E-state index in [0.29, 0.717) is 37.2 Å². The maximum Gasteiger partial charge on any atom is 0.229 e. The van der Waals surface area contributed by atoms with Crippen LogP contribution in [-0.4, -0.2) is 26.6 Å². The minimum atomic E-state index is -1.01. The molecule has 6 nitrogen and oxygen atoms in total. The van der Waals surface area contributed by atoms with Gasteiger partial charge in [0, 0.05) is 6.54 Å². The van der Waals surface area contributed by atoms with Crippen molar-refractivity contribution in [2.75, 3.05) is 12.3 Å². The number of alkyl halides is 2. The van der Waals surface area contributed by atoms with E-state index in [1.54, 1.807) is 6.92 Å². The highest BCUT2D eigenvalue weighted by atomic mass is 35.5. The molecule has 1 fully saturated rings. The number of nitrogens with zero attached hydrogens (tertiary/aromatic N) is 3. The number of nitrogens with two attached hydrogens (primary N) is 1. The van der Waals surface area contributed by atoms with E-state index in [-0.39, 0.29) is 23.1 Å². The summed E-state index contributed by atoms with van der Waals surface area (Å²) in [5.74, 6) is -0.365. The topological polar surface area (TPSA) is 96.7 Å². The van der Waals surface area contributed by atoms with E-state index in [2.05, 4.69) is 16.5 Å². The minimum Gasteiger partial charge on any atom is -0.382 e. The average Bonchev–Trinajstić information content (AvgIpc) is 2.99. The third-order valence-corrected chi connectivity index (χ3v) is 5.91. The van der Waals surface area contributed by atoms with Crippen molar-refractivity contribution in [3.63, 3.8) is 0 Å². The van der Waals surface area contributed by atoms with Gasteiger partial charge in [-0.2, -0.15) is 10.4 Å². The summed E-state index contributed by atoms with van der Waals surface area (Å²) in [6, 6.07) is 7.71. The van der Waals surface area contributed by atoms with Crippen LogP contribution in [0.15, 0.2) is 24.3 Å². The van der Waals surface area contributed by atoms with Gasteiger partial charge in [-0.15, -0.1) is 23.2 Å². The third-order valence-electron chi connectivity index (χ3n) is 4.81. The number of aryl methyl sites for hydroxylation is 1. The SMILES string of the molecule is CC1(C(=O)NCCCc2nn(-c3ccc(F)cc3)c(N)c2C#N)CC1(Cl)Cl. The highest BCUT2D eigenvalue weighted by Gasteiger charge is 2.67. The van der Waals surface area contributed by atoms with Gasteiger partial charge in [-0.25, -0.2) is 9.07 Å². The number of hydrogen-bond acceptors (Lipinski definition) is 4. The van der Waals surface area contributed by atoms with Gasteiger partial charge in [0.05, 0.1) is 16.8 Å². The Morgan fingerprint density at radius 3 is 2.63 bits per heavy atom. The van der Waals surface area contributed by atoms with E-state index in [1.807, 2.05) is 0 Å². The fraction of sp³-hybridized carbons (Fsp3) is 0.389. The molecule has 9 heteroatoms. The average molecular weight is 410 g/mol. The molecule has 1 aromatic carbocycles. The van der Waals surface area contributed by atoms with Crippen LogP contribution in [0, 0.1) is 22.6 Å². The summed E-state index contributed by atoms with van der Waals surface area (Å²) in [7, 11) is 0. The molecule has 3 N–H and O–H groups in total. The predicted molar refractivity (Wildman–Crippen MR) is 101 cm³/mol. The number of amides is 1. The number of carbonyl (C=O) groups is 1. The van der Waals surface area contributed by atoms with E-state index >= 15 is 0 Å². The van der Waals surface area contributed by atoms with Crippen LogP contribution in [0.3, 0.4) is 0 Å². The number of rotatable bonds is 6. The maximum absolute atomic E-state index is 13.1. The molecular formula is C18H18Cl2FN5O. The fourth-order valence-electron chi connectivity index (χ4n) is 2.85. The van der Waals surface area contributed by atoms with Gasteiger partial charge in [-0.05, 0) is 50.5 Å². The first kappa shape index (κ1) is 19.5. The Balaban J connectivity index is 1.64. The number of anilines is 1. The normalized spacial score (nSPS) is 20.1. The lowest BCUT2D eigenvalue weighted by molar-refractivity contribution is -0.125. The van der Waals surface area contributed by atoms with Crippen molar-refractivity contribution in [2.24, 2.45) is 5.41 Å². The van der Waals surface area contributed by atoms with Gasteiger partial charge >= 0.3 is 0 Å². The zero-order valence-electron chi connectivity index (χ0n) is 14.6. The fourth-order valence-corrected chi connectivity index (χ4v) is 3.56. The Kier molecular flexibility index (Phi) is 5.06. The molecule has 0 bridgehead atoms. The summed E-state index contributed by atoms with van der Waals surface area (Å²) in [5, 5.41) is 16.6. The number of nitrogen functional groups attached to an aromatic ring is 1. The highest BCUT2D eigenvalue weighted by Crippen LogP contribution is 2.63. The zero-order valence-corrected chi connectivity index (χ0v) is 16.1. The Morgan fingerprint density at radius 1 is 1.44 bits per heavy atom. The monoisotopic (exact) mass is 409 g/mol. The molecule has 0 saturated heterocycles. The molecule has 1 atom stereocenters. The number of benzene rings is 1. The quantitative estimate of drug-likeness (QED) is 0.565. The lowest BCUT2D eigenvalue weighted by Crippen LogP contribution is -2.34. The molecule has 2 aromatic rings. The molecule has 1 heterocycles. The predicted octanol–water partition coefficient (Wildman–Crippen LogP) is 3.10. The van der Waals surface area contributed by atoms with Crippen LogP contribution in [0.1, 0.15) is 31.0 Å². The third kappa shape index (κ3) is 3.60. The van der Waals surface area contributed by atoms with Crippen LogP contribution < -0.4 is 11.1 Å². The molecule has 0 radical (unpaired) electrons. The van der Waals surface area contributed by atoms with E-state index < -0.39 is 9.75 Å². The number of halogens is 3. The van der Waals surface area contributed by atoms with E-state index in [4.69, 9.17) is 28.9 Å². The van der Waals surface area contributed by atoms with Gasteiger partial charge in [0.25, 0.3) is 0 Å². The van der Waals surface area contributed by atoms with Crippen LogP contribution in [-0.2, 0) is 11.2 Å². The van der Waals surface area contributed by atoms with Crippen LogP contribution in [0.4, 0.5) is 10.2 Å². The smallest absolute Gasteiger partial charge is 0.229 e. The van der Waals surface area contributed by atoms with Gasteiger partial charge in [0.1, 0.15) is 27.6 Å². The summed E-state index contributed by atoms with van der Waals surface area (Å²) >= 11 is 12.0. The Bertz CT molecular complexity index is 919. The Morgan fingerprint density at radius 2 is 2.07 bits per heavy atom. The first-order valence-electron chi connectivity index (χ1n) is 8.39. The lowest BCUT2D eigenvalue weighted by Gasteiger charge is -2.12. The van der Waals surface area contributed by atoms with Crippen molar-refractivity contribution in [1.29, 1.82) is 5.26 Å². The molecule has 1 unspecified atom stereocenters. The molecule has 1 aromatic heterocycles. The van der Waals surface area contributed by atoms with Gasteiger partial charge in [-0.3, -0.25) is 4.79 Å². The second-order valence-electron chi connectivity index (χ2n) is 6.78. The molecule has 1 aliphatic carbocycles. The molecule has 1 saturated carbocycles. The van der Waals surface area contributed by atoms with Crippen LogP contribution in [0.5, 0.6) is 0 Å². The number of hydrogen-bond donors (Lipinski definition) is 2. The summed E-state index contributed by atoms with van der Waals surface area (Å²) in [5.41, 5.74) is 6.62.